The average molecular weight is 263 g/mol. The number of ether oxygens (including phenoxy) is 1. The Kier molecular flexibility index (Phi) is 5.21. The minimum Gasteiger partial charge on any atom is -0.465 e. The summed E-state index contributed by atoms with van der Waals surface area (Å²) in [6.07, 6.45) is 2.26. The number of carbonyl (C=O) groups is 1. The van der Waals surface area contributed by atoms with Crippen LogP contribution in [0.15, 0.2) is 30.3 Å². The van der Waals surface area contributed by atoms with E-state index in [1.807, 2.05) is 18.2 Å². The Morgan fingerprint density at radius 1 is 1.37 bits per heavy atom. The lowest BCUT2D eigenvalue weighted by molar-refractivity contribution is 0.113. The third-order valence-electron chi connectivity index (χ3n) is 3.57. The number of carboxylic acid groups (broad SMARTS) is 1. The zero-order valence-electron chi connectivity index (χ0n) is 11.1. The molecule has 0 aromatic heterocycles. The van der Waals surface area contributed by atoms with Gasteiger partial charge in [0.05, 0.1) is 6.61 Å². The molecule has 1 aromatic rings. The first-order chi connectivity index (χ1) is 9.25. The van der Waals surface area contributed by atoms with Gasteiger partial charge in [0.1, 0.15) is 0 Å². The molecular formula is C15H21NO3. The fourth-order valence-corrected chi connectivity index (χ4v) is 2.48. The number of hydrogen-bond donors (Lipinski definition) is 1. The Balaban J connectivity index is 1.54. The van der Waals surface area contributed by atoms with Crippen LogP contribution in [0.5, 0.6) is 0 Å². The maximum absolute atomic E-state index is 10.8. The maximum Gasteiger partial charge on any atom is 0.407 e. The van der Waals surface area contributed by atoms with Crippen LogP contribution in [0, 0.1) is 5.92 Å². The minimum atomic E-state index is -0.789. The Morgan fingerprint density at radius 2 is 2.16 bits per heavy atom. The summed E-state index contributed by atoms with van der Waals surface area (Å²) < 4.78 is 5.62. The van der Waals surface area contributed by atoms with Gasteiger partial charge >= 0.3 is 6.09 Å². The SMILES string of the molecule is O=C(O)N1CC[C@H](CCCOCc2ccccc2)C1. The van der Waals surface area contributed by atoms with Crippen molar-refractivity contribution in [3.05, 3.63) is 35.9 Å². The molecule has 1 aromatic carbocycles. The maximum atomic E-state index is 10.8. The van der Waals surface area contributed by atoms with Crippen LogP contribution in [-0.2, 0) is 11.3 Å². The van der Waals surface area contributed by atoms with E-state index in [4.69, 9.17) is 9.84 Å². The normalized spacial score (nSPS) is 18.7. The van der Waals surface area contributed by atoms with Gasteiger partial charge < -0.3 is 14.7 Å². The van der Waals surface area contributed by atoms with Crippen molar-refractivity contribution >= 4 is 6.09 Å². The molecule has 0 bridgehead atoms. The Labute approximate surface area is 114 Å². The summed E-state index contributed by atoms with van der Waals surface area (Å²) in [7, 11) is 0. The first-order valence-corrected chi connectivity index (χ1v) is 6.85. The third-order valence-corrected chi connectivity index (χ3v) is 3.57. The summed E-state index contributed by atoms with van der Waals surface area (Å²) in [5.41, 5.74) is 1.19. The molecule has 104 valence electrons. The molecule has 1 N–H and O–H groups in total. The topological polar surface area (TPSA) is 49.8 Å². The fourth-order valence-electron chi connectivity index (χ4n) is 2.48. The van der Waals surface area contributed by atoms with Crippen LogP contribution in [0.1, 0.15) is 24.8 Å². The van der Waals surface area contributed by atoms with Crippen molar-refractivity contribution in [3.8, 4) is 0 Å². The molecule has 1 atom stereocenters. The molecule has 4 nitrogen and oxygen atoms in total. The van der Waals surface area contributed by atoms with Gasteiger partial charge in [-0.2, -0.15) is 0 Å². The highest BCUT2D eigenvalue weighted by Crippen LogP contribution is 2.20. The number of nitrogens with zero attached hydrogens (tertiary/aromatic N) is 1. The standard InChI is InChI=1S/C15H21NO3/c17-15(18)16-9-8-13(11-16)7-4-10-19-12-14-5-2-1-3-6-14/h1-3,5-6,13H,4,7-12H2,(H,17,18)/t13-/m0/s1. The van der Waals surface area contributed by atoms with Gasteiger partial charge in [-0.05, 0) is 30.7 Å². The van der Waals surface area contributed by atoms with Gasteiger partial charge in [0, 0.05) is 19.7 Å². The third kappa shape index (κ3) is 4.56. The van der Waals surface area contributed by atoms with Gasteiger partial charge in [-0.15, -0.1) is 0 Å². The zero-order valence-corrected chi connectivity index (χ0v) is 11.1. The Bertz CT molecular complexity index is 394. The van der Waals surface area contributed by atoms with Gasteiger partial charge in [-0.1, -0.05) is 30.3 Å². The van der Waals surface area contributed by atoms with Crippen LogP contribution in [0.3, 0.4) is 0 Å². The molecule has 1 heterocycles. The molecule has 1 aliphatic rings. The summed E-state index contributed by atoms with van der Waals surface area (Å²) in [5.74, 6) is 0.511. The van der Waals surface area contributed by atoms with Gasteiger partial charge in [0.25, 0.3) is 0 Å². The summed E-state index contributed by atoms with van der Waals surface area (Å²) in [6, 6.07) is 10.1. The van der Waals surface area contributed by atoms with Crippen LogP contribution in [-0.4, -0.2) is 35.8 Å². The van der Waals surface area contributed by atoms with E-state index in [2.05, 4.69) is 12.1 Å². The number of hydrogen-bond acceptors (Lipinski definition) is 2. The molecule has 1 fully saturated rings. The van der Waals surface area contributed by atoms with Crippen molar-refractivity contribution in [1.82, 2.24) is 4.90 Å². The van der Waals surface area contributed by atoms with Crippen molar-refractivity contribution in [1.29, 1.82) is 0 Å². The predicted octanol–water partition coefficient (Wildman–Crippen LogP) is 2.98. The van der Waals surface area contributed by atoms with Crippen LogP contribution in [0.4, 0.5) is 4.79 Å². The van der Waals surface area contributed by atoms with Crippen molar-refractivity contribution < 1.29 is 14.6 Å². The largest absolute Gasteiger partial charge is 0.465 e. The van der Waals surface area contributed by atoms with E-state index < -0.39 is 6.09 Å². The van der Waals surface area contributed by atoms with E-state index in [0.717, 1.165) is 25.9 Å². The number of rotatable bonds is 6. The molecule has 0 radical (unpaired) electrons. The predicted molar refractivity (Wildman–Crippen MR) is 73.0 cm³/mol. The van der Waals surface area contributed by atoms with Crippen LogP contribution in [0.2, 0.25) is 0 Å². The van der Waals surface area contributed by atoms with Gasteiger partial charge in [-0.25, -0.2) is 4.79 Å². The first-order valence-electron chi connectivity index (χ1n) is 6.85. The van der Waals surface area contributed by atoms with Crippen LogP contribution < -0.4 is 0 Å². The second-order valence-electron chi connectivity index (χ2n) is 5.06. The lowest BCUT2D eigenvalue weighted by atomic mass is 10.0. The van der Waals surface area contributed by atoms with E-state index in [1.165, 1.54) is 10.5 Å². The second kappa shape index (κ2) is 7.14. The summed E-state index contributed by atoms with van der Waals surface area (Å²) in [6.45, 7) is 2.78. The second-order valence-corrected chi connectivity index (χ2v) is 5.06. The van der Waals surface area contributed by atoms with E-state index in [0.29, 0.717) is 25.6 Å². The molecule has 2 rings (SSSR count). The first kappa shape index (κ1) is 13.9. The molecule has 1 amide bonds. The molecule has 0 spiro atoms. The molecule has 4 heteroatoms. The smallest absolute Gasteiger partial charge is 0.407 e. The quantitative estimate of drug-likeness (QED) is 0.803. The highest BCUT2D eigenvalue weighted by atomic mass is 16.5. The molecule has 0 aliphatic carbocycles. The van der Waals surface area contributed by atoms with Crippen LogP contribution in [0.25, 0.3) is 0 Å². The van der Waals surface area contributed by atoms with E-state index in [9.17, 15) is 4.79 Å². The van der Waals surface area contributed by atoms with Crippen LogP contribution >= 0.6 is 0 Å². The van der Waals surface area contributed by atoms with Gasteiger partial charge in [0.15, 0.2) is 0 Å². The number of amides is 1. The Morgan fingerprint density at radius 3 is 2.84 bits per heavy atom. The number of benzene rings is 1. The number of likely N-dealkylation sites (tertiary alicyclic amines) is 1. The highest BCUT2D eigenvalue weighted by Gasteiger charge is 2.25. The van der Waals surface area contributed by atoms with E-state index in [1.54, 1.807) is 0 Å². The molecule has 0 saturated carbocycles. The molecule has 19 heavy (non-hydrogen) atoms. The highest BCUT2D eigenvalue weighted by molar-refractivity contribution is 5.65. The molecule has 0 unspecified atom stereocenters. The average Bonchev–Trinajstić information content (AvgIpc) is 2.89. The summed E-state index contributed by atoms with van der Waals surface area (Å²) >= 11 is 0. The van der Waals surface area contributed by atoms with Gasteiger partial charge in [0.2, 0.25) is 0 Å². The van der Waals surface area contributed by atoms with Gasteiger partial charge in [-0.3, -0.25) is 0 Å². The van der Waals surface area contributed by atoms with Crippen molar-refractivity contribution in [2.24, 2.45) is 5.92 Å². The monoisotopic (exact) mass is 263 g/mol. The molecule has 1 aliphatic heterocycles. The van der Waals surface area contributed by atoms with Crippen molar-refractivity contribution in [2.45, 2.75) is 25.9 Å². The molecule has 1 saturated heterocycles. The fraction of sp³-hybridized carbons (Fsp3) is 0.533. The lowest BCUT2D eigenvalue weighted by Gasteiger charge is -2.12. The van der Waals surface area contributed by atoms with E-state index in [-0.39, 0.29) is 0 Å². The minimum absolute atomic E-state index is 0.511. The summed E-state index contributed by atoms with van der Waals surface area (Å²) in [5, 5.41) is 8.87. The van der Waals surface area contributed by atoms with E-state index >= 15 is 0 Å². The van der Waals surface area contributed by atoms with Crippen molar-refractivity contribution in [3.63, 3.8) is 0 Å². The lowest BCUT2D eigenvalue weighted by Crippen LogP contribution is -2.26. The summed E-state index contributed by atoms with van der Waals surface area (Å²) in [4.78, 5) is 12.3. The molecular weight excluding hydrogens is 242 g/mol. The zero-order chi connectivity index (χ0) is 13.5. The van der Waals surface area contributed by atoms with Crippen molar-refractivity contribution in [2.75, 3.05) is 19.7 Å². The Hall–Kier alpha value is -1.55.